The Labute approximate surface area is 86.8 Å². The first-order valence-electron chi connectivity index (χ1n) is 5.24. The molecule has 3 rings (SSSR count). The maximum atomic E-state index is 4.64. The Kier molecular flexibility index (Phi) is 1.83. The molecule has 3 nitrogen and oxygen atoms in total. The van der Waals surface area contributed by atoms with Gasteiger partial charge in [-0.25, -0.2) is 9.50 Å². The van der Waals surface area contributed by atoms with Crippen LogP contribution in [0.3, 0.4) is 0 Å². The van der Waals surface area contributed by atoms with Crippen LogP contribution >= 0.6 is 11.3 Å². The maximum Gasteiger partial charge on any atom is 0.212 e. The fraction of sp³-hybridized carbons (Fsp3) is 0.600. The Bertz CT molecular complexity index is 469. The summed E-state index contributed by atoms with van der Waals surface area (Å²) in [7, 11) is 0. The molecular weight excluding hydrogens is 194 g/mol. The Morgan fingerprint density at radius 3 is 3.07 bits per heavy atom. The fourth-order valence-corrected chi connectivity index (χ4v) is 2.92. The molecular formula is C10H13N3S. The fourth-order valence-electron chi connectivity index (χ4n) is 2.05. The summed E-state index contributed by atoms with van der Waals surface area (Å²) in [6.45, 7) is 2.14. The van der Waals surface area contributed by atoms with Crippen molar-refractivity contribution in [2.75, 3.05) is 0 Å². The number of nitrogens with zero attached hydrogens (tertiary/aromatic N) is 3. The van der Waals surface area contributed by atoms with Crippen LogP contribution in [0.25, 0.3) is 4.96 Å². The number of aryl methyl sites for hydroxylation is 3. The molecule has 0 radical (unpaired) electrons. The van der Waals surface area contributed by atoms with Gasteiger partial charge < -0.3 is 0 Å². The largest absolute Gasteiger partial charge is 0.222 e. The summed E-state index contributed by atoms with van der Waals surface area (Å²) in [5, 5.41) is 5.77. The van der Waals surface area contributed by atoms with Gasteiger partial charge in [0.15, 0.2) is 0 Å². The van der Waals surface area contributed by atoms with Gasteiger partial charge >= 0.3 is 0 Å². The summed E-state index contributed by atoms with van der Waals surface area (Å²) in [6, 6.07) is 0. The molecule has 14 heavy (non-hydrogen) atoms. The van der Waals surface area contributed by atoms with Crippen molar-refractivity contribution in [1.82, 2.24) is 14.6 Å². The molecule has 0 amide bonds. The van der Waals surface area contributed by atoms with Gasteiger partial charge in [0.1, 0.15) is 5.01 Å². The van der Waals surface area contributed by atoms with E-state index in [-0.39, 0.29) is 0 Å². The second kappa shape index (κ2) is 3.05. The van der Waals surface area contributed by atoms with Crippen LogP contribution in [-0.2, 0) is 19.3 Å². The first-order chi connectivity index (χ1) is 6.88. The quantitative estimate of drug-likeness (QED) is 0.718. The van der Waals surface area contributed by atoms with E-state index in [0.717, 1.165) is 24.2 Å². The highest BCUT2D eigenvalue weighted by Gasteiger charge is 2.18. The molecule has 1 aliphatic rings. The average Bonchev–Trinajstić information content (AvgIpc) is 2.73. The van der Waals surface area contributed by atoms with Crippen molar-refractivity contribution >= 4 is 16.3 Å². The summed E-state index contributed by atoms with van der Waals surface area (Å²) in [6.07, 6.45) is 5.90. The van der Waals surface area contributed by atoms with Crippen molar-refractivity contribution in [2.45, 2.75) is 39.0 Å². The van der Waals surface area contributed by atoms with E-state index in [0.29, 0.717) is 0 Å². The van der Waals surface area contributed by atoms with Crippen LogP contribution in [-0.4, -0.2) is 14.6 Å². The number of imidazole rings is 1. The zero-order chi connectivity index (χ0) is 9.54. The minimum absolute atomic E-state index is 1.02. The molecule has 0 unspecified atom stereocenters. The third-order valence-electron chi connectivity index (χ3n) is 2.80. The third-order valence-corrected chi connectivity index (χ3v) is 3.85. The first kappa shape index (κ1) is 8.41. The SMILES string of the molecule is CCc1nn2c3c(nc2s1)CCCC3. The average molecular weight is 207 g/mol. The molecule has 0 fully saturated rings. The molecule has 0 aliphatic heterocycles. The third kappa shape index (κ3) is 1.10. The smallest absolute Gasteiger partial charge is 0.212 e. The van der Waals surface area contributed by atoms with Gasteiger partial charge in [-0.15, -0.1) is 0 Å². The molecule has 0 aromatic carbocycles. The van der Waals surface area contributed by atoms with E-state index in [1.807, 2.05) is 0 Å². The molecule has 0 saturated heterocycles. The summed E-state index contributed by atoms with van der Waals surface area (Å²) < 4.78 is 2.07. The van der Waals surface area contributed by atoms with Crippen LogP contribution in [0.5, 0.6) is 0 Å². The zero-order valence-corrected chi connectivity index (χ0v) is 9.10. The second-order valence-corrected chi connectivity index (χ2v) is 4.80. The molecule has 0 atom stereocenters. The molecule has 4 heteroatoms. The maximum absolute atomic E-state index is 4.64. The van der Waals surface area contributed by atoms with Crippen LogP contribution in [0.4, 0.5) is 0 Å². The van der Waals surface area contributed by atoms with Gasteiger partial charge in [0.25, 0.3) is 0 Å². The number of rotatable bonds is 1. The Hall–Kier alpha value is -0.900. The van der Waals surface area contributed by atoms with E-state index < -0.39 is 0 Å². The van der Waals surface area contributed by atoms with E-state index in [9.17, 15) is 0 Å². The van der Waals surface area contributed by atoms with E-state index in [2.05, 4.69) is 21.5 Å². The second-order valence-electron chi connectivity index (χ2n) is 3.76. The van der Waals surface area contributed by atoms with E-state index in [4.69, 9.17) is 0 Å². The molecule has 2 heterocycles. The van der Waals surface area contributed by atoms with Gasteiger partial charge in [-0.2, -0.15) is 5.10 Å². The minimum Gasteiger partial charge on any atom is -0.222 e. The van der Waals surface area contributed by atoms with Crippen LogP contribution in [0.1, 0.15) is 36.2 Å². The Morgan fingerprint density at radius 2 is 2.21 bits per heavy atom. The number of aromatic nitrogens is 3. The highest BCUT2D eigenvalue weighted by Crippen LogP contribution is 2.25. The predicted octanol–water partition coefficient (Wildman–Crippen LogP) is 2.23. The van der Waals surface area contributed by atoms with Crippen molar-refractivity contribution in [1.29, 1.82) is 0 Å². The predicted molar refractivity (Wildman–Crippen MR) is 56.9 cm³/mol. The molecule has 74 valence electrons. The lowest BCUT2D eigenvalue weighted by Gasteiger charge is -2.08. The molecule has 0 spiro atoms. The van der Waals surface area contributed by atoms with Gasteiger partial charge in [0.2, 0.25) is 4.96 Å². The van der Waals surface area contributed by atoms with Gasteiger partial charge in [-0.1, -0.05) is 18.3 Å². The Balaban J connectivity index is 2.21. The Morgan fingerprint density at radius 1 is 1.36 bits per heavy atom. The molecule has 0 N–H and O–H groups in total. The lowest BCUT2D eigenvalue weighted by Crippen LogP contribution is -2.04. The highest BCUT2D eigenvalue weighted by atomic mass is 32.1. The van der Waals surface area contributed by atoms with Crippen molar-refractivity contribution in [3.05, 3.63) is 16.4 Å². The normalized spacial score (nSPS) is 16.1. The molecule has 0 bridgehead atoms. The van der Waals surface area contributed by atoms with Crippen molar-refractivity contribution in [2.24, 2.45) is 0 Å². The number of fused-ring (bicyclic) bond motifs is 3. The monoisotopic (exact) mass is 207 g/mol. The van der Waals surface area contributed by atoms with Crippen molar-refractivity contribution < 1.29 is 0 Å². The van der Waals surface area contributed by atoms with Crippen LogP contribution in [0.2, 0.25) is 0 Å². The summed E-state index contributed by atoms with van der Waals surface area (Å²) in [5.41, 5.74) is 2.65. The van der Waals surface area contributed by atoms with Gasteiger partial charge in [-0.05, 0) is 32.1 Å². The highest BCUT2D eigenvalue weighted by molar-refractivity contribution is 7.16. The van der Waals surface area contributed by atoms with Crippen LogP contribution < -0.4 is 0 Å². The van der Waals surface area contributed by atoms with Crippen LogP contribution in [0, 0.1) is 0 Å². The molecule has 2 aromatic heterocycles. The number of hydrogen-bond donors (Lipinski definition) is 0. The van der Waals surface area contributed by atoms with Gasteiger partial charge in [0, 0.05) is 0 Å². The number of hydrogen-bond acceptors (Lipinski definition) is 3. The van der Waals surface area contributed by atoms with Crippen LogP contribution in [0.15, 0.2) is 0 Å². The topological polar surface area (TPSA) is 30.2 Å². The summed E-state index contributed by atoms with van der Waals surface area (Å²) >= 11 is 1.73. The summed E-state index contributed by atoms with van der Waals surface area (Å²) in [5.74, 6) is 0. The van der Waals surface area contributed by atoms with Crippen molar-refractivity contribution in [3.8, 4) is 0 Å². The van der Waals surface area contributed by atoms with E-state index in [1.54, 1.807) is 11.3 Å². The minimum atomic E-state index is 1.02. The zero-order valence-electron chi connectivity index (χ0n) is 8.29. The first-order valence-corrected chi connectivity index (χ1v) is 6.06. The van der Waals surface area contributed by atoms with E-state index in [1.165, 1.54) is 29.2 Å². The lowest BCUT2D eigenvalue weighted by atomic mass is 10.0. The lowest BCUT2D eigenvalue weighted by molar-refractivity contribution is 0.647. The van der Waals surface area contributed by atoms with E-state index >= 15 is 0 Å². The van der Waals surface area contributed by atoms with Gasteiger partial charge in [-0.3, -0.25) is 0 Å². The standard InChI is InChI=1S/C10H13N3S/c1-2-9-12-13-8-6-4-3-5-7(8)11-10(13)14-9/h2-6H2,1H3. The van der Waals surface area contributed by atoms with Crippen molar-refractivity contribution in [3.63, 3.8) is 0 Å². The molecule has 2 aromatic rings. The van der Waals surface area contributed by atoms with Gasteiger partial charge in [0.05, 0.1) is 11.4 Å². The summed E-state index contributed by atoms with van der Waals surface area (Å²) in [4.78, 5) is 5.73. The molecule has 1 aliphatic carbocycles. The molecule has 0 saturated carbocycles.